The number of pyridine rings is 2. The molecule has 2 rings (SSSR count). The standard InChI is InChI=1S/C16H19N3O2/c1-14(20)21-11-10-19(12-15-6-2-4-8-17-15)13-16-7-3-5-9-18-16/h2-9H,10-13H2,1H3. The Morgan fingerprint density at radius 2 is 1.62 bits per heavy atom. The molecule has 0 saturated carbocycles. The number of hydrogen-bond acceptors (Lipinski definition) is 5. The SMILES string of the molecule is CC(=O)OCCN(Cc1ccccn1)Cc1ccccn1. The zero-order chi connectivity index (χ0) is 14.9. The predicted molar refractivity (Wildman–Crippen MR) is 79.2 cm³/mol. The Kier molecular flexibility index (Phi) is 5.84. The first-order valence-electron chi connectivity index (χ1n) is 6.89. The highest BCUT2D eigenvalue weighted by Crippen LogP contribution is 2.06. The second-order valence-corrected chi connectivity index (χ2v) is 4.69. The van der Waals surface area contributed by atoms with E-state index in [1.807, 2.05) is 36.4 Å². The number of nitrogens with zero attached hydrogens (tertiary/aromatic N) is 3. The topological polar surface area (TPSA) is 55.3 Å². The van der Waals surface area contributed by atoms with Gasteiger partial charge in [0, 0.05) is 39.0 Å². The molecule has 0 N–H and O–H groups in total. The van der Waals surface area contributed by atoms with Gasteiger partial charge in [-0.1, -0.05) is 12.1 Å². The van der Waals surface area contributed by atoms with Crippen molar-refractivity contribution in [1.82, 2.24) is 14.9 Å². The predicted octanol–water partition coefficient (Wildman–Crippen LogP) is 2.04. The maximum Gasteiger partial charge on any atom is 0.302 e. The number of rotatable bonds is 7. The molecule has 0 unspecified atom stereocenters. The summed E-state index contributed by atoms with van der Waals surface area (Å²) in [6.45, 7) is 3.82. The fourth-order valence-electron chi connectivity index (χ4n) is 1.97. The molecule has 2 aromatic rings. The molecule has 0 aliphatic rings. The van der Waals surface area contributed by atoms with Crippen LogP contribution in [0, 0.1) is 0 Å². The smallest absolute Gasteiger partial charge is 0.302 e. The van der Waals surface area contributed by atoms with Gasteiger partial charge in [0.25, 0.3) is 0 Å². The molecule has 0 amide bonds. The van der Waals surface area contributed by atoms with E-state index in [1.165, 1.54) is 6.92 Å². The lowest BCUT2D eigenvalue weighted by molar-refractivity contribution is -0.141. The average Bonchev–Trinajstić information content (AvgIpc) is 2.49. The van der Waals surface area contributed by atoms with Crippen molar-refractivity contribution in [2.45, 2.75) is 20.0 Å². The van der Waals surface area contributed by atoms with E-state index in [0.717, 1.165) is 11.4 Å². The molecule has 0 spiro atoms. The van der Waals surface area contributed by atoms with E-state index in [0.29, 0.717) is 26.2 Å². The van der Waals surface area contributed by atoms with Gasteiger partial charge < -0.3 is 4.74 Å². The Morgan fingerprint density at radius 3 is 2.05 bits per heavy atom. The molecule has 0 atom stereocenters. The van der Waals surface area contributed by atoms with Gasteiger partial charge in [-0.25, -0.2) is 0 Å². The molecule has 5 heteroatoms. The van der Waals surface area contributed by atoms with E-state index in [4.69, 9.17) is 4.74 Å². The molecule has 0 aromatic carbocycles. The van der Waals surface area contributed by atoms with Crippen molar-refractivity contribution in [3.8, 4) is 0 Å². The van der Waals surface area contributed by atoms with Crippen molar-refractivity contribution in [3.63, 3.8) is 0 Å². The average molecular weight is 285 g/mol. The van der Waals surface area contributed by atoms with E-state index in [1.54, 1.807) is 12.4 Å². The van der Waals surface area contributed by atoms with Crippen molar-refractivity contribution in [3.05, 3.63) is 60.2 Å². The second kappa shape index (κ2) is 8.11. The molecular formula is C16H19N3O2. The first kappa shape index (κ1) is 15.1. The zero-order valence-corrected chi connectivity index (χ0v) is 12.1. The summed E-state index contributed by atoms with van der Waals surface area (Å²) in [5.41, 5.74) is 1.97. The summed E-state index contributed by atoms with van der Waals surface area (Å²) >= 11 is 0. The van der Waals surface area contributed by atoms with Gasteiger partial charge >= 0.3 is 5.97 Å². The highest BCUT2D eigenvalue weighted by atomic mass is 16.5. The van der Waals surface area contributed by atoms with Crippen molar-refractivity contribution >= 4 is 5.97 Å². The molecule has 0 saturated heterocycles. The molecule has 0 radical (unpaired) electrons. The first-order chi connectivity index (χ1) is 10.2. The summed E-state index contributed by atoms with van der Waals surface area (Å²) in [6.07, 6.45) is 3.56. The minimum atomic E-state index is -0.259. The Bertz CT molecular complexity index is 504. The van der Waals surface area contributed by atoms with Crippen LogP contribution in [0.4, 0.5) is 0 Å². The molecule has 2 aromatic heterocycles. The van der Waals surface area contributed by atoms with Crippen molar-refractivity contribution in [2.75, 3.05) is 13.2 Å². The van der Waals surface area contributed by atoms with Crippen LogP contribution in [0.25, 0.3) is 0 Å². The van der Waals surface area contributed by atoms with Gasteiger partial charge in [-0.2, -0.15) is 0 Å². The summed E-state index contributed by atoms with van der Waals surface area (Å²) < 4.78 is 5.03. The molecule has 5 nitrogen and oxygen atoms in total. The maximum atomic E-state index is 10.9. The fourth-order valence-corrected chi connectivity index (χ4v) is 1.97. The number of esters is 1. The van der Waals surface area contributed by atoms with Gasteiger partial charge in [0.1, 0.15) is 6.61 Å². The molecule has 110 valence electrons. The lowest BCUT2D eigenvalue weighted by atomic mass is 10.3. The number of carbonyl (C=O) groups is 1. The number of ether oxygens (including phenoxy) is 1. The normalized spacial score (nSPS) is 10.6. The minimum absolute atomic E-state index is 0.259. The Hall–Kier alpha value is -2.27. The molecule has 0 fully saturated rings. The van der Waals surface area contributed by atoms with Crippen LogP contribution in [0.3, 0.4) is 0 Å². The van der Waals surface area contributed by atoms with E-state index < -0.39 is 0 Å². The van der Waals surface area contributed by atoms with E-state index >= 15 is 0 Å². The summed E-state index contributed by atoms with van der Waals surface area (Å²) in [5, 5.41) is 0. The van der Waals surface area contributed by atoms with Crippen LogP contribution in [0.2, 0.25) is 0 Å². The third-order valence-corrected chi connectivity index (χ3v) is 2.94. The van der Waals surface area contributed by atoms with Crippen LogP contribution < -0.4 is 0 Å². The van der Waals surface area contributed by atoms with Crippen molar-refractivity contribution < 1.29 is 9.53 Å². The Labute approximate surface area is 124 Å². The van der Waals surface area contributed by atoms with Gasteiger partial charge in [-0.05, 0) is 24.3 Å². The van der Waals surface area contributed by atoms with Crippen LogP contribution in [0.5, 0.6) is 0 Å². The van der Waals surface area contributed by atoms with Crippen LogP contribution >= 0.6 is 0 Å². The van der Waals surface area contributed by atoms with Crippen LogP contribution in [0.15, 0.2) is 48.8 Å². The molecule has 21 heavy (non-hydrogen) atoms. The third kappa shape index (κ3) is 5.71. The molecule has 0 aliphatic heterocycles. The monoisotopic (exact) mass is 285 g/mol. The van der Waals surface area contributed by atoms with Gasteiger partial charge in [-0.15, -0.1) is 0 Å². The van der Waals surface area contributed by atoms with Gasteiger partial charge in [0.2, 0.25) is 0 Å². The molecule has 0 bridgehead atoms. The summed E-state index contributed by atoms with van der Waals surface area (Å²) in [4.78, 5) is 21.7. The highest BCUT2D eigenvalue weighted by molar-refractivity contribution is 5.65. The van der Waals surface area contributed by atoms with E-state index in [2.05, 4.69) is 14.9 Å². The van der Waals surface area contributed by atoms with Crippen LogP contribution in [0.1, 0.15) is 18.3 Å². The minimum Gasteiger partial charge on any atom is -0.465 e. The van der Waals surface area contributed by atoms with Crippen molar-refractivity contribution in [1.29, 1.82) is 0 Å². The quantitative estimate of drug-likeness (QED) is 0.729. The van der Waals surface area contributed by atoms with Crippen LogP contribution in [-0.4, -0.2) is 34.0 Å². The van der Waals surface area contributed by atoms with Gasteiger partial charge in [0.15, 0.2) is 0 Å². The highest BCUT2D eigenvalue weighted by Gasteiger charge is 2.09. The Morgan fingerprint density at radius 1 is 1.05 bits per heavy atom. The van der Waals surface area contributed by atoms with E-state index in [9.17, 15) is 4.79 Å². The third-order valence-electron chi connectivity index (χ3n) is 2.94. The van der Waals surface area contributed by atoms with Crippen molar-refractivity contribution in [2.24, 2.45) is 0 Å². The Balaban J connectivity index is 1.97. The lowest BCUT2D eigenvalue weighted by Crippen LogP contribution is -2.28. The fraction of sp³-hybridized carbons (Fsp3) is 0.312. The van der Waals surface area contributed by atoms with Crippen LogP contribution in [-0.2, 0) is 22.6 Å². The summed E-state index contributed by atoms with van der Waals surface area (Å²) in [6, 6.07) is 11.7. The zero-order valence-electron chi connectivity index (χ0n) is 12.1. The largest absolute Gasteiger partial charge is 0.465 e. The summed E-state index contributed by atoms with van der Waals surface area (Å²) in [5.74, 6) is -0.259. The van der Waals surface area contributed by atoms with Gasteiger partial charge in [-0.3, -0.25) is 19.7 Å². The molecule has 2 heterocycles. The number of hydrogen-bond donors (Lipinski definition) is 0. The summed E-state index contributed by atoms with van der Waals surface area (Å²) in [7, 11) is 0. The molecule has 0 aliphatic carbocycles. The van der Waals surface area contributed by atoms with Gasteiger partial charge in [0.05, 0.1) is 11.4 Å². The lowest BCUT2D eigenvalue weighted by Gasteiger charge is -2.21. The number of aromatic nitrogens is 2. The first-order valence-corrected chi connectivity index (χ1v) is 6.89. The maximum absolute atomic E-state index is 10.9. The van der Waals surface area contributed by atoms with E-state index in [-0.39, 0.29) is 5.97 Å². The number of carbonyl (C=O) groups excluding carboxylic acids is 1. The second-order valence-electron chi connectivity index (χ2n) is 4.69. The molecular weight excluding hydrogens is 266 g/mol.